The third-order valence-electron chi connectivity index (χ3n) is 3.83. The largest absolute Gasteiger partial charge is 0.461 e. The molecule has 0 saturated heterocycles. The summed E-state index contributed by atoms with van der Waals surface area (Å²) in [6.45, 7) is 0. The Morgan fingerprint density at radius 1 is 1.19 bits per heavy atom. The number of carbonyl (C=O) groups is 1. The molecule has 3 heterocycles. The van der Waals surface area contributed by atoms with E-state index in [0.717, 1.165) is 5.56 Å². The van der Waals surface area contributed by atoms with Crippen molar-refractivity contribution in [2.75, 3.05) is 5.32 Å². The molecule has 4 aromatic rings. The van der Waals surface area contributed by atoms with Crippen LogP contribution in [0.1, 0.15) is 12.0 Å². The topological polar surface area (TPSA) is 105 Å². The molecule has 0 aliphatic carbocycles. The molecule has 8 heteroatoms. The van der Waals surface area contributed by atoms with E-state index in [1.165, 1.54) is 16.8 Å². The maximum atomic E-state index is 12.3. The van der Waals surface area contributed by atoms with Gasteiger partial charge in [0.25, 0.3) is 5.56 Å². The monoisotopic (exact) mass is 349 g/mol. The van der Waals surface area contributed by atoms with Gasteiger partial charge in [-0.2, -0.15) is 9.50 Å². The third kappa shape index (κ3) is 3.25. The fourth-order valence-corrected chi connectivity index (χ4v) is 2.60. The second-order valence-electron chi connectivity index (χ2n) is 5.70. The Bertz CT molecular complexity index is 1100. The summed E-state index contributed by atoms with van der Waals surface area (Å²) >= 11 is 0. The quantitative estimate of drug-likeness (QED) is 0.575. The van der Waals surface area contributed by atoms with E-state index in [4.69, 9.17) is 4.42 Å². The number of amides is 1. The van der Waals surface area contributed by atoms with E-state index in [1.807, 2.05) is 30.3 Å². The number of furan rings is 1. The second-order valence-corrected chi connectivity index (χ2v) is 5.70. The van der Waals surface area contributed by atoms with Gasteiger partial charge >= 0.3 is 0 Å². The molecule has 0 fully saturated rings. The van der Waals surface area contributed by atoms with Crippen molar-refractivity contribution in [2.24, 2.45) is 0 Å². The van der Waals surface area contributed by atoms with Crippen LogP contribution in [0.2, 0.25) is 0 Å². The minimum atomic E-state index is -0.380. The molecule has 1 amide bonds. The van der Waals surface area contributed by atoms with Gasteiger partial charge in [0.2, 0.25) is 17.5 Å². The number of aryl methyl sites for hydroxylation is 1. The van der Waals surface area contributed by atoms with Crippen molar-refractivity contribution in [1.82, 2.24) is 19.6 Å². The Balaban J connectivity index is 1.57. The fraction of sp³-hybridized carbons (Fsp3) is 0.111. The van der Waals surface area contributed by atoms with Gasteiger partial charge in [-0.25, -0.2) is 0 Å². The molecule has 0 aliphatic rings. The van der Waals surface area contributed by atoms with E-state index in [-0.39, 0.29) is 29.5 Å². The number of benzene rings is 1. The van der Waals surface area contributed by atoms with E-state index in [9.17, 15) is 9.59 Å². The maximum Gasteiger partial charge on any atom is 0.254 e. The lowest BCUT2D eigenvalue weighted by molar-refractivity contribution is -0.116. The minimum Gasteiger partial charge on any atom is -0.461 e. The predicted molar refractivity (Wildman–Crippen MR) is 94.7 cm³/mol. The predicted octanol–water partition coefficient (Wildman–Crippen LogP) is 2.25. The number of carbonyl (C=O) groups excluding carboxylic acids is 1. The lowest BCUT2D eigenvalue weighted by Crippen LogP contribution is -2.19. The molecule has 3 aromatic heterocycles. The lowest BCUT2D eigenvalue weighted by atomic mass is 10.1. The number of hydrogen-bond donors (Lipinski definition) is 2. The maximum absolute atomic E-state index is 12.3. The highest BCUT2D eigenvalue weighted by molar-refractivity contribution is 5.90. The summed E-state index contributed by atoms with van der Waals surface area (Å²) in [4.78, 5) is 30.9. The average Bonchev–Trinajstić information content (AvgIpc) is 3.30. The molecule has 8 nitrogen and oxygen atoms in total. The number of nitrogens with one attached hydrogen (secondary N) is 2. The Morgan fingerprint density at radius 3 is 2.81 bits per heavy atom. The van der Waals surface area contributed by atoms with Crippen LogP contribution in [0.4, 0.5) is 5.82 Å². The highest BCUT2D eigenvalue weighted by Crippen LogP contribution is 2.17. The SMILES string of the molecule is O=C(CCc1ccccc1)Nc1cc(=O)[nH]c2nc(-c3ccco3)nn12. The first-order chi connectivity index (χ1) is 12.7. The molecule has 0 spiro atoms. The van der Waals surface area contributed by atoms with Crippen LogP contribution in [0.15, 0.2) is 64.0 Å². The molecule has 0 aliphatic heterocycles. The summed E-state index contributed by atoms with van der Waals surface area (Å²) < 4.78 is 6.64. The van der Waals surface area contributed by atoms with E-state index in [0.29, 0.717) is 18.0 Å². The Kier molecular flexibility index (Phi) is 4.06. The van der Waals surface area contributed by atoms with Crippen LogP contribution in [0, 0.1) is 0 Å². The van der Waals surface area contributed by atoms with Gasteiger partial charge < -0.3 is 9.73 Å². The third-order valence-corrected chi connectivity index (χ3v) is 3.83. The molecule has 0 saturated carbocycles. The van der Waals surface area contributed by atoms with Crippen molar-refractivity contribution >= 4 is 17.5 Å². The second kappa shape index (κ2) is 6.67. The zero-order valence-electron chi connectivity index (χ0n) is 13.7. The first-order valence-electron chi connectivity index (χ1n) is 8.07. The minimum absolute atomic E-state index is 0.212. The van der Waals surface area contributed by atoms with E-state index in [2.05, 4.69) is 20.4 Å². The van der Waals surface area contributed by atoms with Gasteiger partial charge in [0.05, 0.1) is 6.26 Å². The molecule has 26 heavy (non-hydrogen) atoms. The highest BCUT2D eigenvalue weighted by atomic mass is 16.3. The summed E-state index contributed by atoms with van der Waals surface area (Å²) in [5, 5.41) is 7.02. The van der Waals surface area contributed by atoms with Gasteiger partial charge in [-0.05, 0) is 24.1 Å². The summed E-state index contributed by atoms with van der Waals surface area (Å²) in [6.07, 6.45) is 2.40. The first kappa shape index (κ1) is 15.8. The number of rotatable bonds is 5. The number of anilines is 1. The van der Waals surface area contributed by atoms with Crippen molar-refractivity contribution in [3.63, 3.8) is 0 Å². The lowest BCUT2D eigenvalue weighted by Gasteiger charge is -2.06. The van der Waals surface area contributed by atoms with Crippen LogP contribution in [0.5, 0.6) is 0 Å². The number of fused-ring (bicyclic) bond motifs is 1. The molecule has 0 bridgehead atoms. The van der Waals surface area contributed by atoms with Gasteiger partial charge in [-0.15, -0.1) is 5.10 Å². The van der Waals surface area contributed by atoms with Crippen LogP contribution in [-0.4, -0.2) is 25.5 Å². The molecule has 0 radical (unpaired) electrons. The smallest absolute Gasteiger partial charge is 0.254 e. The molecular formula is C18H15N5O3. The van der Waals surface area contributed by atoms with Crippen LogP contribution in [-0.2, 0) is 11.2 Å². The van der Waals surface area contributed by atoms with Gasteiger partial charge in [0.1, 0.15) is 5.82 Å². The van der Waals surface area contributed by atoms with E-state index in [1.54, 1.807) is 12.1 Å². The number of aromatic amines is 1. The number of aromatic nitrogens is 4. The molecular weight excluding hydrogens is 334 g/mol. The summed E-state index contributed by atoms with van der Waals surface area (Å²) in [7, 11) is 0. The number of hydrogen-bond acceptors (Lipinski definition) is 5. The molecule has 4 rings (SSSR count). The Labute approximate surface area is 147 Å². The zero-order valence-corrected chi connectivity index (χ0v) is 13.7. The summed E-state index contributed by atoms with van der Waals surface area (Å²) in [6, 6.07) is 14.4. The van der Waals surface area contributed by atoms with Gasteiger partial charge in [0.15, 0.2) is 5.76 Å². The van der Waals surface area contributed by atoms with Crippen molar-refractivity contribution < 1.29 is 9.21 Å². The van der Waals surface area contributed by atoms with E-state index >= 15 is 0 Å². The molecule has 0 atom stereocenters. The molecule has 130 valence electrons. The zero-order chi connectivity index (χ0) is 17.9. The van der Waals surface area contributed by atoms with Gasteiger partial charge in [-0.3, -0.25) is 14.6 Å². The standard InChI is InChI=1S/C18H15N5O3/c24-15(9-8-12-5-2-1-3-6-12)19-14-11-16(25)20-18-21-17(22-23(14)18)13-7-4-10-26-13/h1-7,10-11H,8-9H2,(H,19,24)(H,20,21,22,25). The number of nitrogens with zero attached hydrogens (tertiary/aromatic N) is 3. The molecule has 2 N–H and O–H groups in total. The van der Waals surface area contributed by atoms with Crippen molar-refractivity contribution in [3.05, 3.63) is 70.7 Å². The fourth-order valence-electron chi connectivity index (χ4n) is 2.60. The van der Waals surface area contributed by atoms with Crippen LogP contribution in [0.3, 0.4) is 0 Å². The molecule has 1 aromatic carbocycles. The Morgan fingerprint density at radius 2 is 2.04 bits per heavy atom. The first-order valence-corrected chi connectivity index (χ1v) is 8.07. The van der Waals surface area contributed by atoms with Crippen LogP contribution >= 0.6 is 0 Å². The van der Waals surface area contributed by atoms with Crippen molar-refractivity contribution in [3.8, 4) is 11.6 Å². The van der Waals surface area contributed by atoms with Crippen LogP contribution < -0.4 is 10.9 Å². The Hall–Kier alpha value is -3.68. The average molecular weight is 349 g/mol. The number of H-pyrrole nitrogens is 1. The highest BCUT2D eigenvalue weighted by Gasteiger charge is 2.14. The normalized spacial score (nSPS) is 10.9. The molecule has 0 unspecified atom stereocenters. The van der Waals surface area contributed by atoms with Crippen molar-refractivity contribution in [2.45, 2.75) is 12.8 Å². The van der Waals surface area contributed by atoms with Crippen LogP contribution in [0.25, 0.3) is 17.4 Å². The van der Waals surface area contributed by atoms with Crippen molar-refractivity contribution in [1.29, 1.82) is 0 Å². The van der Waals surface area contributed by atoms with Gasteiger partial charge in [0, 0.05) is 12.5 Å². The summed E-state index contributed by atoms with van der Waals surface area (Å²) in [5.74, 6) is 1.05. The van der Waals surface area contributed by atoms with Gasteiger partial charge in [-0.1, -0.05) is 30.3 Å². The summed E-state index contributed by atoms with van der Waals surface area (Å²) in [5.41, 5.74) is 0.689. The van der Waals surface area contributed by atoms with E-state index < -0.39 is 0 Å².